The van der Waals surface area contributed by atoms with Gasteiger partial charge in [-0.15, -0.1) is 0 Å². The Morgan fingerprint density at radius 3 is 2.03 bits per heavy atom. The lowest BCUT2D eigenvalue weighted by atomic mass is 10.1. The van der Waals surface area contributed by atoms with E-state index in [1.807, 2.05) is 50.4 Å². The fraction of sp³-hybridized carbons (Fsp3) is 0.545. The first-order valence-corrected chi connectivity index (χ1v) is 11.7. The molecule has 0 heterocycles. The molecule has 10 nitrogen and oxygen atoms in total. The molecule has 0 radical (unpaired) electrons. The van der Waals surface area contributed by atoms with Crippen molar-refractivity contribution in [3.63, 3.8) is 0 Å². The molecule has 1 amide bonds. The van der Waals surface area contributed by atoms with Gasteiger partial charge in [-0.2, -0.15) is 11.8 Å². The molecule has 0 saturated heterocycles. The van der Waals surface area contributed by atoms with Gasteiger partial charge in [0, 0.05) is 0 Å². The third-order valence-corrected chi connectivity index (χ3v) is 4.67. The summed E-state index contributed by atoms with van der Waals surface area (Å²) < 4.78 is 4.52. The Balaban J connectivity index is 0. The molecular weight excluding hydrogens is 450 g/mol. The normalized spacial score (nSPS) is 12.6. The average molecular weight is 488 g/mol. The molecular formula is C22H37N3O7S. The Morgan fingerprint density at radius 2 is 1.67 bits per heavy atom. The summed E-state index contributed by atoms with van der Waals surface area (Å²) in [5.74, 6) is -1.17. The monoisotopic (exact) mass is 487 g/mol. The van der Waals surface area contributed by atoms with Gasteiger partial charge in [0.05, 0.1) is 7.11 Å². The average Bonchev–Trinajstić information content (AvgIpc) is 2.76. The molecule has 7 N–H and O–H groups in total. The van der Waals surface area contributed by atoms with Crippen molar-refractivity contribution in [3.05, 3.63) is 35.9 Å². The molecule has 0 aromatic heterocycles. The molecule has 0 bridgehead atoms. The van der Waals surface area contributed by atoms with Gasteiger partial charge in [-0.05, 0) is 42.8 Å². The highest BCUT2D eigenvalue weighted by Crippen LogP contribution is 2.03. The number of carboxylic acid groups (broad SMARTS) is 2. The summed E-state index contributed by atoms with van der Waals surface area (Å²) in [6.45, 7) is 3.89. The van der Waals surface area contributed by atoms with Crippen LogP contribution in [0.15, 0.2) is 30.3 Å². The first-order chi connectivity index (χ1) is 15.5. The molecule has 0 aliphatic rings. The number of hydrogen-bond donors (Lipinski definition) is 5. The van der Waals surface area contributed by atoms with Crippen LogP contribution in [0.3, 0.4) is 0 Å². The molecule has 33 heavy (non-hydrogen) atoms. The molecule has 0 aliphatic carbocycles. The van der Waals surface area contributed by atoms with Crippen LogP contribution in [0.1, 0.15) is 32.3 Å². The maximum absolute atomic E-state index is 11.0. The summed E-state index contributed by atoms with van der Waals surface area (Å²) in [7, 11) is 1.34. The second kappa shape index (κ2) is 20.0. The van der Waals surface area contributed by atoms with Gasteiger partial charge >= 0.3 is 17.9 Å². The number of ether oxygens (including phenoxy) is 1. The van der Waals surface area contributed by atoms with Crippen molar-refractivity contribution in [2.75, 3.05) is 19.1 Å². The summed E-state index contributed by atoms with van der Waals surface area (Å²) >= 11 is 1.55. The van der Waals surface area contributed by atoms with E-state index >= 15 is 0 Å². The number of amides is 1. The van der Waals surface area contributed by atoms with E-state index in [2.05, 4.69) is 10.1 Å². The van der Waals surface area contributed by atoms with Gasteiger partial charge in [0.1, 0.15) is 18.1 Å². The smallest absolute Gasteiger partial charge is 0.326 e. The highest BCUT2D eigenvalue weighted by Gasteiger charge is 2.15. The summed E-state index contributed by atoms with van der Waals surface area (Å²) in [4.78, 5) is 41.3. The molecule has 1 aromatic rings. The van der Waals surface area contributed by atoms with Gasteiger partial charge < -0.3 is 31.7 Å². The van der Waals surface area contributed by atoms with Crippen LogP contribution >= 0.6 is 11.8 Å². The van der Waals surface area contributed by atoms with Crippen molar-refractivity contribution in [2.24, 2.45) is 17.4 Å². The second-order valence-corrected chi connectivity index (χ2v) is 8.34. The van der Waals surface area contributed by atoms with E-state index in [-0.39, 0.29) is 5.97 Å². The fourth-order valence-corrected chi connectivity index (χ4v) is 2.78. The Bertz CT molecular complexity index is 690. The van der Waals surface area contributed by atoms with E-state index in [1.165, 1.54) is 7.11 Å². The number of thioether (sulfide) groups is 1. The number of carbonyl (C=O) groups excluding carboxylic acids is 2. The number of rotatable bonds is 12. The molecule has 11 heteroatoms. The maximum Gasteiger partial charge on any atom is 0.326 e. The number of methoxy groups -OCH3 is 1. The fourth-order valence-electron chi connectivity index (χ4n) is 2.31. The van der Waals surface area contributed by atoms with Gasteiger partial charge in [-0.3, -0.25) is 14.4 Å². The SMILES string of the molecule is CC(C)C[C@H](N)C(=O)O.COC(=O)[C@@H](N)Cc1ccccc1.CSCC[C@H](NC=O)C(=O)O. The number of aliphatic carboxylic acids is 2. The van der Waals surface area contributed by atoms with Gasteiger partial charge in [0.15, 0.2) is 0 Å². The number of benzene rings is 1. The largest absolute Gasteiger partial charge is 0.480 e. The lowest BCUT2D eigenvalue weighted by molar-refractivity contribution is -0.142. The summed E-state index contributed by atoms with van der Waals surface area (Å²) in [5, 5.41) is 19.0. The quantitative estimate of drug-likeness (QED) is 0.211. The Morgan fingerprint density at radius 1 is 1.09 bits per heavy atom. The van der Waals surface area contributed by atoms with Crippen molar-refractivity contribution >= 4 is 36.1 Å². The third kappa shape index (κ3) is 18.6. The van der Waals surface area contributed by atoms with E-state index in [0.29, 0.717) is 31.6 Å². The Labute approximate surface area is 199 Å². The number of carboxylic acids is 2. The van der Waals surface area contributed by atoms with Crippen LogP contribution in [-0.4, -0.2) is 71.8 Å². The van der Waals surface area contributed by atoms with Crippen LogP contribution in [-0.2, 0) is 30.3 Å². The van der Waals surface area contributed by atoms with Crippen LogP contribution in [0.2, 0.25) is 0 Å². The molecule has 0 aliphatic heterocycles. The van der Waals surface area contributed by atoms with Crippen LogP contribution in [0.25, 0.3) is 0 Å². The minimum atomic E-state index is -0.980. The predicted octanol–water partition coefficient (Wildman–Crippen LogP) is 1.11. The highest BCUT2D eigenvalue weighted by molar-refractivity contribution is 7.98. The van der Waals surface area contributed by atoms with Crippen molar-refractivity contribution in [1.29, 1.82) is 0 Å². The number of nitrogens with two attached hydrogens (primary N) is 2. The number of nitrogens with one attached hydrogen (secondary N) is 1. The first kappa shape index (κ1) is 32.5. The minimum Gasteiger partial charge on any atom is -0.480 e. The van der Waals surface area contributed by atoms with E-state index in [4.69, 9.17) is 21.7 Å². The van der Waals surface area contributed by atoms with Crippen LogP contribution in [0.4, 0.5) is 0 Å². The predicted molar refractivity (Wildman–Crippen MR) is 129 cm³/mol. The molecule has 0 saturated carbocycles. The highest BCUT2D eigenvalue weighted by atomic mass is 32.2. The van der Waals surface area contributed by atoms with E-state index in [9.17, 15) is 19.2 Å². The summed E-state index contributed by atoms with van der Waals surface area (Å²) in [6, 6.07) is 7.63. The van der Waals surface area contributed by atoms with Gasteiger partial charge in [-0.1, -0.05) is 44.2 Å². The standard InChI is InChI=1S/C10H13NO2.C6H11NO3S.C6H13NO2/c1-13-10(12)9(11)7-8-5-3-2-4-6-8;1-11-3-2-5(6(9)10)7-4-8;1-4(2)3-5(7)6(8)9/h2-6,9H,7,11H2,1H3;4-5H,2-3H2,1H3,(H,7,8)(H,9,10);4-5H,3,7H2,1-2H3,(H,8,9)/t9-;2*5-/m000/s1. The Hall–Kier alpha value is -2.63. The van der Waals surface area contributed by atoms with Crippen molar-refractivity contribution in [3.8, 4) is 0 Å². The zero-order valence-corrected chi connectivity index (χ0v) is 20.4. The van der Waals surface area contributed by atoms with Crippen LogP contribution < -0.4 is 16.8 Å². The van der Waals surface area contributed by atoms with E-state index in [1.54, 1.807) is 11.8 Å². The lowest BCUT2D eigenvalue weighted by Gasteiger charge is -2.08. The molecule has 0 spiro atoms. The number of esters is 1. The van der Waals surface area contributed by atoms with Gasteiger partial charge in [-0.25, -0.2) is 4.79 Å². The molecule has 0 unspecified atom stereocenters. The van der Waals surface area contributed by atoms with Crippen molar-refractivity contribution < 1.29 is 34.1 Å². The topological polar surface area (TPSA) is 182 Å². The van der Waals surface area contributed by atoms with Gasteiger partial charge in [0.2, 0.25) is 6.41 Å². The van der Waals surface area contributed by atoms with Crippen molar-refractivity contribution in [1.82, 2.24) is 5.32 Å². The number of carbonyl (C=O) groups is 4. The minimum absolute atomic E-state index is 0.357. The van der Waals surface area contributed by atoms with E-state index in [0.717, 1.165) is 11.3 Å². The third-order valence-electron chi connectivity index (χ3n) is 4.02. The zero-order valence-electron chi connectivity index (χ0n) is 19.6. The van der Waals surface area contributed by atoms with Crippen LogP contribution in [0, 0.1) is 5.92 Å². The molecule has 188 valence electrons. The second-order valence-electron chi connectivity index (χ2n) is 7.35. The summed E-state index contributed by atoms with van der Waals surface area (Å²) in [5.41, 5.74) is 11.8. The maximum atomic E-state index is 11.0. The number of hydrogen-bond acceptors (Lipinski definition) is 8. The van der Waals surface area contributed by atoms with E-state index < -0.39 is 30.1 Å². The molecule has 0 fully saturated rings. The summed E-state index contributed by atoms with van der Waals surface area (Å²) in [6.07, 6.45) is 3.84. The van der Waals surface area contributed by atoms with Crippen LogP contribution in [0.5, 0.6) is 0 Å². The molecule has 1 rings (SSSR count). The van der Waals surface area contributed by atoms with Gasteiger partial charge in [0.25, 0.3) is 0 Å². The lowest BCUT2D eigenvalue weighted by Crippen LogP contribution is -2.36. The molecule has 1 aromatic carbocycles. The molecule has 3 atom stereocenters. The first-order valence-electron chi connectivity index (χ1n) is 10.3. The zero-order chi connectivity index (χ0) is 25.8. The van der Waals surface area contributed by atoms with Crippen molar-refractivity contribution in [2.45, 2.75) is 51.2 Å². The Kier molecular flexibility index (Phi) is 19.7.